The van der Waals surface area contributed by atoms with Gasteiger partial charge in [-0.05, 0) is 37.0 Å². The second kappa shape index (κ2) is 5.06. The second-order valence-corrected chi connectivity index (χ2v) is 5.21. The highest BCUT2D eigenvalue weighted by molar-refractivity contribution is 5.52. The van der Waals surface area contributed by atoms with Gasteiger partial charge in [0.1, 0.15) is 17.3 Å². The van der Waals surface area contributed by atoms with Crippen LogP contribution < -0.4 is 10.6 Å². The molecule has 0 amide bonds. The molecule has 0 aromatic heterocycles. The van der Waals surface area contributed by atoms with Crippen LogP contribution in [0.4, 0.5) is 14.5 Å². The van der Waals surface area contributed by atoms with Crippen LogP contribution in [0, 0.1) is 11.6 Å². The van der Waals surface area contributed by atoms with Gasteiger partial charge >= 0.3 is 0 Å². The number of hydrogen-bond donors (Lipinski definition) is 1. The van der Waals surface area contributed by atoms with Gasteiger partial charge in [0.25, 0.3) is 0 Å². The van der Waals surface area contributed by atoms with Gasteiger partial charge in [0.2, 0.25) is 0 Å². The number of anilines is 1. The van der Waals surface area contributed by atoms with E-state index in [2.05, 4.69) is 0 Å². The van der Waals surface area contributed by atoms with Crippen molar-refractivity contribution in [2.24, 2.45) is 5.73 Å². The number of rotatable bonds is 2. The lowest BCUT2D eigenvalue weighted by Gasteiger charge is -2.39. The van der Waals surface area contributed by atoms with Gasteiger partial charge in [-0.15, -0.1) is 0 Å². The number of fused-ring (bicyclic) bond motifs is 1. The van der Waals surface area contributed by atoms with E-state index in [-0.39, 0.29) is 24.4 Å². The van der Waals surface area contributed by atoms with E-state index < -0.39 is 11.6 Å². The molecule has 1 aliphatic carbocycles. The molecule has 5 heteroatoms. The summed E-state index contributed by atoms with van der Waals surface area (Å²) in [6.07, 6.45) is 3.07. The molecular formula is C14H18F2N2O. The van der Waals surface area contributed by atoms with Crippen molar-refractivity contribution in [3.8, 4) is 0 Å². The molecule has 0 radical (unpaired) electrons. The van der Waals surface area contributed by atoms with Crippen molar-refractivity contribution < 1.29 is 13.5 Å². The average molecular weight is 268 g/mol. The van der Waals surface area contributed by atoms with Gasteiger partial charge in [-0.3, -0.25) is 0 Å². The third-order valence-electron chi connectivity index (χ3n) is 4.08. The molecular weight excluding hydrogens is 250 g/mol. The van der Waals surface area contributed by atoms with E-state index in [4.69, 9.17) is 10.5 Å². The van der Waals surface area contributed by atoms with Gasteiger partial charge in [-0.1, -0.05) is 0 Å². The number of morpholine rings is 1. The predicted molar refractivity (Wildman–Crippen MR) is 69.0 cm³/mol. The Labute approximate surface area is 111 Å². The lowest BCUT2D eigenvalue weighted by atomic mass is 10.1. The zero-order chi connectivity index (χ0) is 13.4. The van der Waals surface area contributed by atoms with Crippen LogP contribution in [0.15, 0.2) is 12.1 Å². The minimum absolute atomic E-state index is 0.0809. The first kappa shape index (κ1) is 12.8. The Morgan fingerprint density at radius 3 is 2.68 bits per heavy atom. The normalized spacial score (nSPS) is 26.6. The smallest absolute Gasteiger partial charge is 0.149 e. The Bertz CT molecular complexity index is 458. The van der Waals surface area contributed by atoms with E-state index in [1.807, 2.05) is 4.90 Å². The molecule has 1 saturated carbocycles. The van der Waals surface area contributed by atoms with Crippen molar-refractivity contribution in [1.82, 2.24) is 0 Å². The minimum atomic E-state index is -0.520. The Morgan fingerprint density at radius 2 is 2.00 bits per heavy atom. The minimum Gasteiger partial charge on any atom is -0.374 e. The van der Waals surface area contributed by atoms with E-state index >= 15 is 0 Å². The fourth-order valence-electron chi connectivity index (χ4n) is 3.21. The molecule has 19 heavy (non-hydrogen) atoms. The SMILES string of the molecule is NCc1cc(F)c(N2CCOC3CCCC32)c(F)c1. The third kappa shape index (κ3) is 2.21. The standard InChI is InChI=1S/C14H18F2N2O/c15-10-6-9(8-17)7-11(16)14(10)18-4-5-19-13-3-1-2-12(13)18/h6-7,12-13H,1-5,8,17H2. The van der Waals surface area contributed by atoms with Crippen LogP contribution in [0.1, 0.15) is 24.8 Å². The van der Waals surface area contributed by atoms with Crippen LogP contribution in [-0.2, 0) is 11.3 Å². The molecule has 1 aromatic rings. The molecule has 1 saturated heterocycles. The van der Waals surface area contributed by atoms with Crippen molar-refractivity contribution in [2.75, 3.05) is 18.1 Å². The topological polar surface area (TPSA) is 38.5 Å². The molecule has 2 fully saturated rings. The Balaban J connectivity index is 1.97. The number of halogens is 2. The monoisotopic (exact) mass is 268 g/mol. The van der Waals surface area contributed by atoms with Gasteiger partial charge in [0.15, 0.2) is 0 Å². The number of nitrogens with two attached hydrogens (primary N) is 1. The first-order valence-electron chi connectivity index (χ1n) is 6.77. The molecule has 0 spiro atoms. The van der Waals surface area contributed by atoms with Crippen molar-refractivity contribution in [3.05, 3.63) is 29.3 Å². The van der Waals surface area contributed by atoms with Gasteiger partial charge in [-0.2, -0.15) is 0 Å². The summed E-state index contributed by atoms with van der Waals surface area (Å²) in [6.45, 7) is 1.21. The van der Waals surface area contributed by atoms with Crippen LogP contribution in [-0.4, -0.2) is 25.3 Å². The summed E-state index contributed by atoms with van der Waals surface area (Å²) in [5, 5.41) is 0. The first-order chi connectivity index (χ1) is 9.20. The van der Waals surface area contributed by atoms with Crippen molar-refractivity contribution in [3.63, 3.8) is 0 Å². The molecule has 104 valence electrons. The van der Waals surface area contributed by atoms with Gasteiger partial charge in [0.05, 0.1) is 18.8 Å². The third-order valence-corrected chi connectivity index (χ3v) is 4.08. The maximum absolute atomic E-state index is 14.2. The molecule has 2 aliphatic rings. The van der Waals surface area contributed by atoms with Crippen LogP contribution in [0.2, 0.25) is 0 Å². The Morgan fingerprint density at radius 1 is 1.26 bits per heavy atom. The molecule has 0 bridgehead atoms. The van der Waals surface area contributed by atoms with Gasteiger partial charge < -0.3 is 15.4 Å². The summed E-state index contributed by atoms with van der Waals surface area (Å²) in [7, 11) is 0. The average Bonchev–Trinajstić information content (AvgIpc) is 2.86. The fraction of sp³-hybridized carbons (Fsp3) is 0.571. The molecule has 1 aliphatic heterocycles. The van der Waals surface area contributed by atoms with Gasteiger partial charge in [-0.25, -0.2) is 8.78 Å². The van der Waals surface area contributed by atoms with Crippen LogP contribution in [0.5, 0.6) is 0 Å². The number of ether oxygens (including phenoxy) is 1. The van der Waals surface area contributed by atoms with Crippen LogP contribution in [0.3, 0.4) is 0 Å². The summed E-state index contributed by atoms with van der Waals surface area (Å²) in [5.74, 6) is -1.04. The van der Waals surface area contributed by atoms with Crippen molar-refractivity contribution in [1.29, 1.82) is 0 Å². The summed E-state index contributed by atoms with van der Waals surface area (Å²) in [6, 6.07) is 2.76. The van der Waals surface area contributed by atoms with E-state index in [9.17, 15) is 8.78 Å². The largest absolute Gasteiger partial charge is 0.374 e. The highest BCUT2D eigenvalue weighted by Gasteiger charge is 2.38. The zero-order valence-electron chi connectivity index (χ0n) is 10.7. The highest BCUT2D eigenvalue weighted by atomic mass is 19.1. The van der Waals surface area contributed by atoms with Crippen molar-refractivity contribution >= 4 is 5.69 Å². The Hall–Kier alpha value is -1.20. The lowest BCUT2D eigenvalue weighted by molar-refractivity contribution is 0.0251. The van der Waals surface area contributed by atoms with E-state index in [1.165, 1.54) is 12.1 Å². The number of hydrogen-bond acceptors (Lipinski definition) is 3. The van der Waals surface area contributed by atoms with Crippen molar-refractivity contribution in [2.45, 2.75) is 38.0 Å². The molecule has 3 rings (SSSR count). The molecule has 2 unspecified atom stereocenters. The lowest BCUT2D eigenvalue weighted by Crippen LogP contribution is -2.49. The molecule has 2 atom stereocenters. The Kier molecular flexibility index (Phi) is 3.41. The molecule has 1 heterocycles. The molecule has 1 aromatic carbocycles. The van der Waals surface area contributed by atoms with E-state index in [1.54, 1.807) is 0 Å². The first-order valence-corrected chi connectivity index (χ1v) is 6.77. The quantitative estimate of drug-likeness (QED) is 0.893. The fourth-order valence-corrected chi connectivity index (χ4v) is 3.21. The van der Waals surface area contributed by atoms with Crippen LogP contribution >= 0.6 is 0 Å². The summed E-state index contributed by atoms with van der Waals surface area (Å²) in [5.41, 5.74) is 6.00. The van der Waals surface area contributed by atoms with E-state index in [0.29, 0.717) is 18.7 Å². The summed E-state index contributed by atoms with van der Waals surface area (Å²) >= 11 is 0. The summed E-state index contributed by atoms with van der Waals surface area (Å²) < 4.78 is 34.0. The zero-order valence-corrected chi connectivity index (χ0v) is 10.7. The summed E-state index contributed by atoms with van der Waals surface area (Å²) in [4.78, 5) is 1.84. The molecule has 2 N–H and O–H groups in total. The number of benzene rings is 1. The maximum Gasteiger partial charge on any atom is 0.149 e. The van der Waals surface area contributed by atoms with E-state index in [0.717, 1.165) is 19.3 Å². The number of nitrogens with zero attached hydrogens (tertiary/aromatic N) is 1. The van der Waals surface area contributed by atoms with Gasteiger partial charge in [0, 0.05) is 13.1 Å². The highest BCUT2D eigenvalue weighted by Crippen LogP contribution is 2.35. The van der Waals surface area contributed by atoms with Crippen LogP contribution in [0.25, 0.3) is 0 Å². The predicted octanol–water partition coefficient (Wildman–Crippen LogP) is 2.18. The maximum atomic E-state index is 14.2. The molecule has 3 nitrogen and oxygen atoms in total. The second-order valence-electron chi connectivity index (χ2n) is 5.21.